The van der Waals surface area contributed by atoms with Gasteiger partial charge in [0.1, 0.15) is 23.4 Å². The number of carbonyl (C=O) groups is 1. The fraction of sp³-hybridized carbons (Fsp3) is 0.333. The third kappa shape index (κ3) is 4.57. The number of quaternary nitrogens is 1. The number of nitrogens with zero attached hydrogens (tertiary/aromatic N) is 1. The molecular weight excluding hydrogens is 322 g/mol. The van der Waals surface area contributed by atoms with Crippen molar-refractivity contribution in [2.24, 2.45) is 0 Å². The zero-order valence-corrected chi connectivity index (χ0v) is 14.9. The molecule has 0 fully saturated rings. The van der Waals surface area contributed by atoms with Gasteiger partial charge in [0, 0.05) is 5.56 Å². The Bertz CT molecular complexity index is 719. The molecule has 0 aliphatic heterocycles. The highest BCUT2D eigenvalue weighted by atomic mass is 32.1. The molecule has 0 spiro atoms. The van der Waals surface area contributed by atoms with Crippen LogP contribution in [0.15, 0.2) is 35.7 Å². The fourth-order valence-corrected chi connectivity index (χ4v) is 3.02. The van der Waals surface area contributed by atoms with Crippen molar-refractivity contribution in [3.63, 3.8) is 0 Å². The van der Waals surface area contributed by atoms with Crippen LogP contribution < -0.4 is 15.0 Å². The van der Waals surface area contributed by atoms with E-state index >= 15 is 0 Å². The average Bonchev–Trinajstić information content (AvgIpc) is 3.03. The van der Waals surface area contributed by atoms with Crippen molar-refractivity contribution in [2.75, 3.05) is 19.0 Å². The van der Waals surface area contributed by atoms with Gasteiger partial charge in [0.15, 0.2) is 6.04 Å². The summed E-state index contributed by atoms with van der Waals surface area (Å²) in [4.78, 5) is 13.5. The van der Waals surface area contributed by atoms with Gasteiger partial charge >= 0.3 is 0 Å². The Balaban J connectivity index is 1.94. The molecule has 1 heterocycles. The maximum atomic E-state index is 12.4. The average molecular weight is 344 g/mol. The molecule has 0 bridgehead atoms. The Morgan fingerprint density at radius 1 is 1.38 bits per heavy atom. The lowest BCUT2D eigenvalue weighted by Gasteiger charge is -2.21. The Kier molecular flexibility index (Phi) is 6.36. The molecule has 2 rings (SSSR count). The molecule has 5 nitrogen and oxygen atoms in total. The van der Waals surface area contributed by atoms with Crippen molar-refractivity contribution in [3.05, 3.63) is 46.8 Å². The molecule has 1 unspecified atom stereocenters. The van der Waals surface area contributed by atoms with Gasteiger partial charge in [-0.05, 0) is 49.6 Å². The third-order valence-electron chi connectivity index (χ3n) is 3.87. The van der Waals surface area contributed by atoms with Crippen LogP contribution in [0.25, 0.3) is 0 Å². The first-order chi connectivity index (χ1) is 11.5. The van der Waals surface area contributed by atoms with E-state index in [1.54, 1.807) is 11.4 Å². The van der Waals surface area contributed by atoms with Crippen LogP contribution >= 0.6 is 11.3 Å². The van der Waals surface area contributed by atoms with Crippen molar-refractivity contribution in [1.29, 1.82) is 5.26 Å². The van der Waals surface area contributed by atoms with Gasteiger partial charge in [-0.15, -0.1) is 11.3 Å². The van der Waals surface area contributed by atoms with Gasteiger partial charge < -0.3 is 15.0 Å². The van der Waals surface area contributed by atoms with Crippen LogP contribution in [0, 0.1) is 11.3 Å². The lowest BCUT2D eigenvalue weighted by Crippen LogP contribution is -3.12. The van der Waals surface area contributed by atoms with Gasteiger partial charge in [0.05, 0.1) is 19.2 Å². The van der Waals surface area contributed by atoms with E-state index in [4.69, 9.17) is 10.00 Å². The number of likely N-dealkylation sites (N-methyl/N-ethyl adjacent to an activating group) is 1. The molecule has 24 heavy (non-hydrogen) atoms. The SMILES string of the molecule is CCOc1ccc(C[NH+](C)[C@H](C)C(=O)Nc2sccc2C#N)cc1. The van der Waals surface area contributed by atoms with Gasteiger partial charge in [0.2, 0.25) is 0 Å². The normalized spacial score (nSPS) is 12.9. The van der Waals surface area contributed by atoms with Crippen LogP contribution in [-0.2, 0) is 11.3 Å². The van der Waals surface area contributed by atoms with E-state index in [0.717, 1.165) is 22.8 Å². The summed E-state index contributed by atoms with van der Waals surface area (Å²) < 4.78 is 5.44. The molecule has 0 radical (unpaired) electrons. The fourth-order valence-electron chi connectivity index (χ4n) is 2.28. The number of hydrogen-bond donors (Lipinski definition) is 2. The van der Waals surface area contributed by atoms with Crippen molar-refractivity contribution in [3.8, 4) is 11.8 Å². The van der Waals surface area contributed by atoms with Crippen LogP contribution in [-0.4, -0.2) is 25.6 Å². The van der Waals surface area contributed by atoms with Gasteiger partial charge in [0.25, 0.3) is 5.91 Å². The monoisotopic (exact) mass is 344 g/mol. The van der Waals surface area contributed by atoms with Crippen molar-refractivity contribution in [1.82, 2.24) is 0 Å². The minimum Gasteiger partial charge on any atom is -0.494 e. The van der Waals surface area contributed by atoms with E-state index in [9.17, 15) is 4.79 Å². The number of amides is 1. The summed E-state index contributed by atoms with van der Waals surface area (Å²) >= 11 is 1.36. The van der Waals surface area contributed by atoms with Gasteiger partial charge in [-0.25, -0.2) is 0 Å². The zero-order chi connectivity index (χ0) is 17.5. The molecule has 0 aliphatic rings. The van der Waals surface area contributed by atoms with E-state index in [1.807, 2.05) is 45.2 Å². The molecule has 1 amide bonds. The lowest BCUT2D eigenvalue weighted by atomic mass is 10.2. The molecule has 2 atom stereocenters. The molecule has 1 aromatic heterocycles. The predicted molar refractivity (Wildman–Crippen MR) is 95.3 cm³/mol. The van der Waals surface area contributed by atoms with Crippen molar-refractivity contribution >= 4 is 22.2 Å². The second-order valence-corrected chi connectivity index (χ2v) is 6.50. The van der Waals surface area contributed by atoms with Crippen LogP contribution in [0.1, 0.15) is 25.0 Å². The number of nitrogens with one attached hydrogen (secondary N) is 2. The number of rotatable bonds is 7. The first-order valence-electron chi connectivity index (χ1n) is 7.87. The number of ether oxygens (including phenoxy) is 1. The Labute approximate surface area is 146 Å². The smallest absolute Gasteiger partial charge is 0.283 e. The predicted octanol–water partition coefficient (Wildman–Crippen LogP) is 2.06. The van der Waals surface area contributed by atoms with Crippen LogP contribution in [0.5, 0.6) is 5.75 Å². The molecule has 6 heteroatoms. The largest absolute Gasteiger partial charge is 0.494 e. The minimum absolute atomic E-state index is 0.0858. The van der Waals surface area contributed by atoms with E-state index in [1.165, 1.54) is 11.3 Å². The Morgan fingerprint density at radius 2 is 2.08 bits per heavy atom. The van der Waals surface area contributed by atoms with Crippen LogP contribution in [0.4, 0.5) is 5.00 Å². The summed E-state index contributed by atoms with van der Waals surface area (Å²) in [5, 5.41) is 14.3. The quantitative estimate of drug-likeness (QED) is 0.808. The number of nitriles is 1. The zero-order valence-electron chi connectivity index (χ0n) is 14.1. The maximum Gasteiger partial charge on any atom is 0.283 e. The van der Waals surface area contributed by atoms with E-state index in [2.05, 4.69) is 11.4 Å². The summed E-state index contributed by atoms with van der Waals surface area (Å²) in [5.41, 5.74) is 1.65. The molecule has 2 N–H and O–H groups in total. The highest BCUT2D eigenvalue weighted by Crippen LogP contribution is 2.22. The summed E-state index contributed by atoms with van der Waals surface area (Å²) in [6.45, 7) is 5.22. The van der Waals surface area contributed by atoms with Crippen LogP contribution in [0.2, 0.25) is 0 Å². The highest BCUT2D eigenvalue weighted by molar-refractivity contribution is 7.14. The third-order valence-corrected chi connectivity index (χ3v) is 4.70. The summed E-state index contributed by atoms with van der Waals surface area (Å²) in [6, 6.07) is 11.5. The first-order valence-corrected chi connectivity index (χ1v) is 8.75. The number of carbonyl (C=O) groups excluding carboxylic acids is 1. The second-order valence-electron chi connectivity index (χ2n) is 5.59. The van der Waals surface area contributed by atoms with E-state index in [0.29, 0.717) is 17.2 Å². The van der Waals surface area contributed by atoms with Crippen LogP contribution in [0.3, 0.4) is 0 Å². The van der Waals surface area contributed by atoms with E-state index < -0.39 is 0 Å². The number of thiophene rings is 1. The van der Waals surface area contributed by atoms with E-state index in [-0.39, 0.29) is 11.9 Å². The molecule has 1 aromatic carbocycles. The first kappa shape index (κ1) is 18.0. The molecule has 2 aromatic rings. The van der Waals surface area contributed by atoms with Gasteiger partial charge in [-0.2, -0.15) is 5.26 Å². The molecule has 0 saturated carbocycles. The Hall–Kier alpha value is -2.36. The molecule has 126 valence electrons. The van der Waals surface area contributed by atoms with Crippen molar-refractivity contribution in [2.45, 2.75) is 26.4 Å². The number of hydrogen-bond acceptors (Lipinski definition) is 4. The number of benzene rings is 1. The van der Waals surface area contributed by atoms with Gasteiger partial charge in [-0.1, -0.05) is 0 Å². The van der Waals surface area contributed by atoms with Gasteiger partial charge in [-0.3, -0.25) is 4.79 Å². The summed E-state index contributed by atoms with van der Waals surface area (Å²) in [7, 11) is 1.99. The standard InChI is InChI=1S/C18H21N3O2S/c1-4-23-16-7-5-14(6-8-16)12-21(3)13(2)17(22)20-18-15(11-19)9-10-24-18/h5-10,13H,4,12H2,1-3H3,(H,20,22)/p+1/t13-/m1/s1. The summed E-state index contributed by atoms with van der Waals surface area (Å²) in [6.07, 6.45) is 0. The molecule has 0 aliphatic carbocycles. The van der Waals surface area contributed by atoms with Crippen molar-refractivity contribution < 1.29 is 14.4 Å². The lowest BCUT2D eigenvalue weighted by molar-refractivity contribution is -0.907. The molecular formula is C18H22N3O2S+. The summed E-state index contributed by atoms with van der Waals surface area (Å²) in [5.74, 6) is 0.767. The molecule has 0 saturated heterocycles. The number of anilines is 1. The second kappa shape index (κ2) is 8.48. The highest BCUT2D eigenvalue weighted by Gasteiger charge is 2.23. The Morgan fingerprint density at radius 3 is 2.71 bits per heavy atom. The minimum atomic E-state index is -0.231. The topological polar surface area (TPSA) is 66.6 Å². The maximum absolute atomic E-state index is 12.4.